The molecular weight excluding hydrogens is 468 g/mol. The lowest BCUT2D eigenvalue weighted by Crippen LogP contribution is -2.45. The molecule has 2 unspecified atom stereocenters. The third-order valence-electron chi connectivity index (χ3n) is 4.07. The van der Waals surface area contributed by atoms with Crippen molar-refractivity contribution >= 4 is 44.7 Å². The molecule has 9 nitrogen and oxygen atoms in total. The monoisotopic (exact) mass is 488 g/mol. The second-order valence-corrected chi connectivity index (χ2v) is 10.0. The summed E-state index contributed by atoms with van der Waals surface area (Å²) in [6.45, 7) is -0.687. The average Bonchev–Trinajstić information content (AvgIpc) is 2.72. The molecule has 31 heavy (non-hydrogen) atoms. The Morgan fingerprint density at radius 3 is 2.45 bits per heavy atom. The van der Waals surface area contributed by atoms with Crippen LogP contribution in [0.25, 0.3) is 0 Å². The van der Waals surface area contributed by atoms with E-state index in [0.717, 1.165) is 0 Å². The van der Waals surface area contributed by atoms with E-state index in [9.17, 15) is 22.6 Å². The predicted molar refractivity (Wildman–Crippen MR) is 115 cm³/mol. The van der Waals surface area contributed by atoms with E-state index in [-0.39, 0.29) is 11.4 Å². The van der Waals surface area contributed by atoms with Crippen LogP contribution in [0, 0.1) is 0 Å². The summed E-state index contributed by atoms with van der Waals surface area (Å²) in [5, 5.41) is 20.3. The molecule has 0 aliphatic carbocycles. The van der Waals surface area contributed by atoms with E-state index >= 15 is 0 Å². The van der Waals surface area contributed by atoms with Crippen LogP contribution in [0.1, 0.15) is 5.56 Å². The number of nitrogens with one attached hydrogen (secondary N) is 2. The molecule has 12 heteroatoms. The maximum absolute atomic E-state index is 12.4. The number of benzene rings is 2. The van der Waals surface area contributed by atoms with Crippen LogP contribution < -0.4 is 10.0 Å². The fraction of sp³-hybridized carbons (Fsp3) is 0.263. The Balaban J connectivity index is 1.93. The SMILES string of the molecule is O=C(C[S+]([O-])c1cccc(CCNS(=O)(=O)c2ccc(Cl)cc2)c1)NC(CO)C(=O)O. The Bertz CT molecular complexity index is 1020. The van der Waals surface area contributed by atoms with Crippen LogP contribution in [-0.4, -0.2) is 60.0 Å². The summed E-state index contributed by atoms with van der Waals surface area (Å²) in [7, 11) is -3.70. The number of carboxylic acid groups (broad SMARTS) is 1. The van der Waals surface area contributed by atoms with E-state index in [1.54, 1.807) is 24.3 Å². The van der Waals surface area contributed by atoms with Crippen molar-refractivity contribution < 1.29 is 32.8 Å². The maximum atomic E-state index is 12.4. The maximum Gasteiger partial charge on any atom is 0.328 e. The summed E-state index contributed by atoms with van der Waals surface area (Å²) in [4.78, 5) is 23.1. The first-order valence-corrected chi connectivity index (χ1v) is 12.2. The van der Waals surface area contributed by atoms with Crippen LogP contribution in [-0.2, 0) is 37.2 Å². The molecule has 4 N–H and O–H groups in total. The number of aliphatic carboxylic acids is 1. The minimum absolute atomic E-state index is 0.0836. The van der Waals surface area contributed by atoms with Gasteiger partial charge < -0.3 is 20.1 Å². The standard InChI is InChI=1S/C19H21ClN2O7S2/c20-14-4-6-16(7-5-14)31(28,29)21-9-8-13-2-1-3-15(10-13)30(27)12-18(24)22-17(11-23)19(25)26/h1-7,10,17,21,23H,8-9,11-12H2,(H,22,24)(H,25,26). The van der Waals surface area contributed by atoms with Gasteiger partial charge in [-0.2, -0.15) is 0 Å². The van der Waals surface area contributed by atoms with Gasteiger partial charge in [0.15, 0.2) is 16.7 Å². The molecular formula is C19H21ClN2O7S2. The van der Waals surface area contributed by atoms with Gasteiger partial charge in [0.25, 0.3) is 5.91 Å². The number of carboxylic acids is 1. The lowest BCUT2D eigenvalue weighted by molar-refractivity contribution is -0.142. The van der Waals surface area contributed by atoms with E-state index in [4.69, 9.17) is 21.8 Å². The number of carbonyl (C=O) groups is 2. The van der Waals surface area contributed by atoms with Crippen molar-refractivity contribution in [3.63, 3.8) is 0 Å². The number of aliphatic hydroxyl groups excluding tert-OH is 1. The molecule has 1 amide bonds. The fourth-order valence-corrected chi connectivity index (χ4v) is 4.65. The van der Waals surface area contributed by atoms with E-state index in [2.05, 4.69) is 10.0 Å². The largest absolute Gasteiger partial charge is 0.611 e. The van der Waals surface area contributed by atoms with Gasteiger partial charge in [0.2, 0.25) is 10.0 Å². The molecule has 0 spiro atoms. The van der Waals surface area contributed by atoms with Gasteiger partial charge >= 0.3 is 5.97 Å². The molecule has 0 aromatic heterocycles. The molecule has 2 aromatic rings. The molecule has 0 radical (unpaired) electrons. The molecule has 2 aromatic carbocycles. The molecule has 0 saturated carbocycles. The summed E-state index contributed by atoms with van der Waals surface area (Å²) in [5.74, 6) is -2.65. The Hall–Kier alpha value is -2.15. The van der Waals surface area contributed by atoms with Crippen LogP contribution in [0.4, 0.5) is 0 Å². The van der Waals surface area contributed by atoms with Crippen molar-refractivity contribution in [1.82, 2.24) is 10.0 Å². The molecule has 0 aliphatic rings. The van der Waals surface area contributed by atoms with Crippen LogP contribution >= 0.6 is 11.6 Å². The van der Waals surface area contributed by atoms with Gasteiger partial charge in [-0.25, -0.2) is 17.9 Å². The molecule has 168 valence electrons. The fourth-order valence-electron chi connectivity index (χ4n) is 2.49. The van der Waals surface area contributed by atoms with Gasteiger partial charge in [-0.15, -0.1) is 0 Å². The quantitative estimate of drug-likeness (QED) is 0.336. The van der Waals surface area contributed by atoms with Crippen molar-refractivity contribution in [3.8, 4) is 0 Å². The lowest BCUT2D eigenvalue weighted by atomic mass is 10.2. The van der Waals surface area contributed by atoms with Crippen LogP contribution in [0.3, 0.4) is 0 Å². The number of carbonyl (C=O) groups excluding carboxylic acids is 1. The first kappa shape index (κ1) is 25.1. The smallest absolute Gasteiger partial charge is 0.328 e. The predicted octanol–water partition coefficient (Wildman–Crippen LogP) is 0.530. The highest BCUT2D eigenvalue weighted by Crippen LogP contribution is 2.16. The van der Waals surface area contributed by atoms with E-state index in [1.807, 2.05) is 0 Å². The number of amides is 1. The number of hydrogen-bond acceptors (Lipinski definition) is 6. The van der Waals surface area contributed by atoms with Gasteiger partial charge in [0.05, 0.1) is 11.5 Å². The van der Waals surface area contributed by atoms with E-state index in [1.165, 1.54) is 24.3 Å². The summed E-state index contributed by atoms with van der Waals surface area (Å²) >= 11 is 4.01. The van der Waals surface area contributed by atoms with Gasteiger partial charge in [-0.05, 0) is 59.6 Å². The number of halogens is 1. The lowest BCUT2D eigenvalue weighted by Gasteiger charge is -2.14. The molecule has 0 fully saturated rings. The molecule has 2 atom stereocenters. The van der Waals surface area contributed by atoms with Gasteiger partial charge in [0, 0.05) is 11.6 Å². The van der Waals surface area contributed by atoms with Crippen molar-refractivity contribution in [1.29, 1.82) is 0 Å². The van der Waals surface area contributed by atoms with Gasteiger partial charge in [0.1, 0.15) is 0 Å². The van der Waals surface area contributed by atoms with E-state index < -0.39 is 51.5 Å². The zero-order valence-electron chi connectivity index (χ0n) is 16.2. The van der Waals surface area contributed by atoms with Gasteiger partial charge in [-0.1, -0.05) is 23.7 Å². The Morgan fingerprint density at radius 2 is 1.84 bits per heavy atom. The number of rotatable bonds is 11. The van der Waals surface area contributed by atoms with E-state index in [0.29, 0.717) is 21.9 Å². The average molecular weight is 489 g/mol. The highest BCUT2D eigenvalue weighted by atomic mass is 35.5. The van der Waals surface area contributed by atoms with Gasteiger partial charge in [-0.3, -0.25) is 4.79 Å². The normalized spacial score (nSPS) is 13.4. The molecule has 0 heterocycles. The van der Waals surface area contributed by atoms with Crippen molar-refractivity contribution in [3.05, 3.63) is 59.1 Å². The molecule has 2 rings (SSSR count). The summed E-state index contributed by atoms with van der Waals surface area (Å²) in [5.41, 5.74) is 0.698. The third-order valence-corrected chi connectivity index (χ3v) is 7.10. The minimum Gasteiger partial charge on any atom is -0.611 e. The zero-order valence-corrected chi connectivity index (χ0v) is 18.5. The Kier molecular flexibility index (Phi) is 9.29. The highest BCUT2D eigenvalue weighted by Gasteiger charge is 2.23. The summed E-state index contributed by atoms with van der Waals surface area (Å²) < 4.78 is 39.5. The van der Waals surface area contributed by atoms with Crippen molar-refractivity contribution in [2.45, 2.75) is 22.3 Å². The first-order chi connectivity index (χ1) is 14.6. The van der Waals surface area contributed by atoms with Crippen LogP contribution in [0.15, 0.2) is 58.3 Å². The Labute approximate surface area is 187 Å². The second kappa shape index (κ2) is 11.5. The minimum atomic E-state index is -3.70. The zero-order chi connectivity index (χ0) is 23.0. The first-order valence-electron chi connectivity index (χ1n) is 8.98. The second-order valence-electron chi connectivity index (χ2n) is 6.38. The topological polar surface area (TPSA) is 156 Å². The number of sulfonamides is 1. The van der Waals surface area contributed by atoms with Crippen LogP contribution in [0.2, 0.25) is 5.02 Å². The van der Waals surface area contributed by atoms with Crippen LogP contribution in [0.5, 0.6) is 0 Å². The van der Waals surface area contributed by atoms with Crippen molar-refractivity contribution in [2.75, 3.05) is 18.9 Å². The molecule has 0 aliphatic heterocycles. The van der Waals surface area contributed by atoms with Crippen molar-refractivity contribution in [2.24, 2.45) is 0 Å². The molecule has 0 bridgehead atoms. The summed E-state index contributed by atoms with van der Waals surface area (Å²) in [6, 6.07) is 10.8. The Morgan fingerprint density at radius 1 is 1.16 bits per heavy atom. The molecule has 0 saturated heterocycles. The third kappa shape index (κ3) is 7.80. The summed E-state index contributed by atoms with van der Waals surface area (Å²) in [6.07, 6.45) is 0.315. The highest BCUT2D eigenvalue weighted by molar-refractivity contribution is 7.92. The number of hydrogen-bond donors (Lipinski definition) is 4. The number of aliphatic hydroxyl groups is 1.